The summed E-state index contributed by atoms with van der Waals surface area (Å²) in [5, 5.41) is 0. The number of carbonyl (C=O) groups excluding carboxylic acids is 1. The zero-order chi connectivity index (χ0) is 13.3. The van der Waals surface area contributed by atoms with Gasteiger partial charge in [0.25, 0.3) is 0 Å². The Morgan fingerprint density at radius 2 is 1.89 bits per heavy atom. The van der Waals surface area contributed by atoms with Gasteiger partial charge in [-0.1, -0.05) is 25.1 Å². The van der Waals surface area contributed by atoms with E-state index in [2.05, 4.69) is 25.8 Å². The summed E-state index contributed by atoms with van der Waals surface area (Å²) in [6.45, 7) is 8.13. The summed E-state index contributed by atoms with van der Waals surface area (Å²) in [5.41, 5.74) is 1.32. The Kier molecular flexibility index (Phi) is 3.24. The van der Waals surface area contributed by atoms with Gasteiger partial charge in [-0.2, -0.15) is 0 Å². The van der Waals surface area contributed by atoms with Crippen LogP contribution in [0.3, 0.4) is 0 Å². The van der Waals surface area contributed by atoms with Crippen LogP contribution in [-0.4, -0.2) is 23.3 Å². The molecule has 1 aromatic rings. The van der Waals surface area contributed by atoms with Gasteiger partial charge in [-0.15, -0.1) is 0 Å². The SMILES string of the molecule is CC1=NC(C)(C)[C@@H](C)[C@H]1OC(=O)c1ccccc1. The second kappa shape index (κ2) is 4.56. The van der Waals surface area contributed by atoms with Crippen LogP contribution in [0.1, 0.15) is 38.1 Å². The summed E-state index contributed by atoms with van der Waals surface area (Å²) in [7, 11) is 0. The fourth-order valence-corrected chi connectivity index (χ4v) is 2.30. The molecule has 0 radical (unpaired) electrons. The molecule has 0 bridgehead atoms. The molecular formula is C15H19NO2. The van der Waals surface area contributed by atoms with Gasteiger partial charge in [-0.3, -0.25) is 4.99 Å². The lowest BCUT2D eigenvalue weighted by atomic mass is 9.88. The van der Waals surface area contributed by atoms with Crippen molar-refractivity contribution in [2.75, 3.05) is 0 Å². The second-order valence-corrected chi connectivity index (χ2v) is 5.39. The van der Waals surface area contributed by atoms with Gasteiger partial charge in [0.1, 0.15) is 6.10 Å². The molecule has 96 valence electrons. The van der Waals surface area contributed by atoms with E-state index in [0.717, 1.165) is 5.71 Å². The van der Waals surface area contributed by atoms with Crippen LogP contribution >= 0.6 is 0 Å². The summed E-state index contributed by atoms with van der Waals surface area (Å²) in [6.07, 6.45) is -0.215. The molecule has 18 heavy (non-hydrogen) atoms. The zero-order valence-corrected chi connectivity index (χ0v) is 11.3. The van der Waals surface area contributed by atoms with Crippen molar-refractivity contribution < 1.29 is 9.53 Å². The quantitative estimate of drug-likeness (QED) is 0.751. The molecule has 0 saturated carbocycles. The number of ether oxygens (including phenoxy) is 1. The van der Waals surface area contributed by atoms with Crippen LogP contribution in [0.5, 0.6) is 0 Å². The minimum atomic E-state index is -0.278. The number of carbonyl (C=O) groups is 1. The summed E-state index contributed by atoms with van der Waals surface area (Å²) in [4.78, 5) is 16.6. The number of hydrogen-bond donors (Lipinski definition) is 0. The van der Waals surface area contributed by atoms with E-state index < -0.39 is 0 Å². The number of benzene rings is 1. The van der Waals surface area contributed by atoms with E-state index in [1.165, 1.54) is 0 Å². The Morgan fingerprint density at radius 1 is 1.28 bits per heavy atom. The van der Waals surface area contributed by atoms with Crippen LogP contribution in [-0.2, 0) is 4.74 Å². The van der Waals surface area contributed by atoms with Gasteiger partial charge >= 0.3 is 5.97 Å². The lowest BCUT2D eigenvalue weighted by Gasteiger charge is -2.25. The van der Waals surface area contributed by atoms with Crippen LogP contribution in [0, 0.1) is 5.92 Å². The molecule has 1 aromatic carbocycles. The highest BCUT2D eigenvalue weighted by Crippen LogP contribution is 2.33. The van der Waals surface area contributed by atoms with Crippen LogP contribution in [0.4, 0.5) is 0 Å². The predicted octanol–water partition coefficient (Wildman–Crippen LogP) is 3.10. The molecule has 1 aliphatic heterocycles. The maximum atomic E-state index is 12.0. The first-order valence-corrected chi connectivity index (χ1v) is 6.24. The third kappa shape index (κ3) is 2.30. The molecule has 0 aromatic heterocycles. The minimum Gasteiger partial charge on any atom is -0.452 e. The monoisotopic (exact) mass is 245 g/mol. The lowest BCUT2D eigenvalue weighted by molar-refractivity contribution is 0.0311. The number of nitrogens with zero attached hydrogens (tertiary/aromatic N) is 1. The highest BCUT2D eigenvalue weighted by atomic mass is 16.5. The standard InChI is InChI=1S/C15H19NO2/c1-10-13(11(2)16-15(10,3)4)18-14(17)12-8-6-5-7-9-12/h5-10,13H,1-4H3/t10-,13+/m0/s1. The predicted molar refractivity (Wildman–Crippen MR) is 72.0 cm³/mol. The normalized spacial score (nSPS) is 25.7. The largest absolute Gasteiger partial charge is 0.452 e. The highest BCUT2D eigenvalue weighted by Gasteiger charge is 2.41. The number of rotatable bonds is 2. The van der Waals surface area contributed by atoms with Gasteiger partial charge in [0.05, 0.1) is 16.8 Å². The Bertz CT molecular complexity index is 477. The molecule has 2 atom stereocenters. The molecular weight excluding hydrogens is 226 g/mol. The van der Waals surface area contributed by atoms with Gasteiger partial charge in [0.2, 0.25) is 0 Å². The lowest BCUT2D eigenvalue weighted by Crippen LogP contribution is -2.34. The summed E-state index contributed by atoms with van der Waals surface area (Å²) in [6, 6.07) is 9.07. The maximum Gasteiger partial charge on any atom is 0.338 e. The number of aliphatic imine (C=N–C) groups is 1. The van der Waals surface area contributed by atoms with Crippen molar-refractivity contribution in [2.45, 2.75) is 39.3 Å². The third-order valence-electron chi connectivity index (χ3n) is 3.69. The van der Waals surface area contributed by atoms with Crippen molar-refractivity contribution in [1.29, 1.82) is 0 Å². The molecule has 0 saturated heterocycles. The van der Waals surface area contributed by atoms with E-state index in [1.54, 1.807) is 12.1 Å². The molecule has 0 fully saturated rings. The average molecular weight is 245 g/mol. The molecule has 0 N–H and O–H groups in total. The molecule has 1 heterocycles. The molecule has 3 heteroatoms. The first-order valence-electron chi connectivity index (χ1n) is 6.24. The van der Waals surface area contributed by atoms with Crippen molar-refractivity contribution >= 4 is 11.7 Å². The summed E-state index contributed by atoms with van der Waals surface area (Å²) >= 11 is 0. The van der Waals surface area contributed by atoms with Gasteiger partial charge in [-0.05, 0) is 32.9 Å². The molecule has 0 unspecified atom stereocenters. The van der Waals surface area contributed by atoms with Crippen LogP contribution in [0.25, 0.3) is 0 Å². The van der Waals surface area contributed by atoms with Gasteiger partial charge in [0, 0.05) is 5.92 Å². The molecule has 0 spiro atoms. The van der Waals surface area contributed by atoms with Crippen molar-refractivity contribution in [3.05, 3.63) is 35.9 Å². The summed E-state index contributed by atoms with van der Waals surface area (Å²) < 4.78 is 5.59. The Balaban J connectivity index is 2.12. The van der Waals surface area contributed by atoms with E-state index in [4.69, 9.17) is 4.74 Å². The molecule has 0 amide bonds. The van der Waals surface area contributed by atoms with E-state index in [1.807, 2.05) is 25.1 Å². The Morgan fingerprint density at radius 3 is 2.39 bits per heavy atom. The van der Waals surface area contributed by atoms with E-state index in [0.29, 0.717) is 5.56 Å². The number of esters is 1. The minimum absolute atomic E-state index is 0.161. The molecule has 2 rings (SSSR count). The summed E-state index contributed by atoms with van der Waals surface area (Å²) in [5.74, 6) is -0.0788. The fraction of sp³-hybridized carbons (Fsp3) is 0.467. The highest BCUT2D eigenvalue weighted by molar-refractivity contribution is 5.95. The van der Waals surface area contributed by atoms with Gasteiger partial charge in [-0.25, -0.2) is 4.79 Å². The molecule has 0 aliphatic carbocycles. The fourth-order valence-electron chi connectivity index (χ4n) is 2.30. The van der Waals surface area contributed by atoms with Gasteiger partial charge in [0.15, 0.2) is 0 Å². The smallest absolute Gasteiger partial charge is 0.338 e. The second-order valence-electron chi connectivity index (χ2n) is 5.39. The van der Waals surface area contributed by atoms with Crippen molar-refractivity contribution in [3.8, 4) is 0 Å². The first-order chi connectivity index (χ1) is 8.42. The zero-order valence-electron chi connectivity index (χ0n) is 11.3. The average Bonchev–Trinajstić information content (AvgIpc) is 2.52. The molecule has 1 aliphatic rings. The third-order valence-corrected chi connectivity index (χ3v) is 3.69. The van der Waals surface area contributed by atoms with E-state index >= 15 is 0 Å². The molecule has 3 nitrogen and oxygen atoms in total. The maximum absolute atomic E-state index is 12.0. The number of hydrogen-bond acceptors (Lipinski definition) is 3. The van der Waals surface area contributed by atoms with E-state index in [-0.39, 0.29) is 23.5 Å². The van der Waals surface area contributed by atoms with Crippen molar-refractivity contribution in [2.24, 2.45) is 10.9 Å². The Labute approximate surface area is 108 Å². The van der Waals surface area contributed by atoms with Crippen LogP contribution in [0.2, 0.25) is 0 Å². The van der Waals surface area contributed by atoms with Gasteiger partial charge < -0.3 is 4.74 Å². The first kappa shape index (κ1) is 12.8. The Hall–Kier alpha value is -1.64. The van der Waals surface area contributed by atoms with Crippen LogP contribution in [0.15, 0.2) is 35.3 Å². The van der Waals surface area contributed by atoms with Crippen molar-refractivity contribution in [3.63, 3.8) is 0 Å². The van der Waals surface area contributed by atoms with Crippen LogP contribution < -0.4 is 0 Å². The van der Waals surface area contributed by atoms with E-state index in [9.17, 15) is 4.79 Å². The topological polar surface area (TPSA) is 38.7 Å². The van der Waals surface area contributed by atoms with Crippen molar-refractivity contribution in [1.82, 2.24) is 0 Å².